The van der Waals surface area contributed by atoms with Crippen LogP contribution in [-0.4, -0.2) is 29.3 Å². The van der Waals surface area contributed by atoms with Crippen molar-refractivity contribution in [3.8, 4) is 22.8 Å². The number of pyridine rings is 2. The summed E-state index contributed by atoms with van der Waals surface area (Å²) in [5.41, 5.74) is -1.01. The van der Waals surface area contributed by atoms with E-state index in [-0.39, 0.29) is 28.3 Å². The highest BCUT2D eigenvalue weighted by atomic mass is 19.4. The Labute approximate surface area is 197 Å². The molecule has 0 saturated carbocycles. The molecule has 13 heteroatoms. The van der Waals surface area contributed by atoms with E-state index in [1.807, 2.05) is 0 Å². The van der Waals surface area contributed by atoms with E-state index in [1.165, 1.54) is 24.7 Å². The quantitative estimate of drug-likeness (QED) is 0.322. The minimum atomic E-state index is -4.82. The first-order valence-corrected chi connectivity index (χ1v) is 10.2. The first-order valence-electron chi connectivity index (χ1n) is 10.2. The fraction of sp³-hybridized carbons (Fsp3) is 0.0870. The van der Waals surface area contributed by atoms with Crippen molar-refractivity contribution in [1.82, 2.24) is 29.3 Å². The van der Waals surface area contributed by atoms with Gasteiger partial charge in [0.05, 0.1) is 17.4 Å². The fourth-order valence-electron chi connectivity index (χ4n) is 3.55. The average Bonchev–Trinajstić information content (AvgIpc) is 3.29. The van der Waals surface area contributed by atoms with Crippen LogP contribution in [-0.2, 0) is 12.4 Å². The van der Waals surface area contributed by atoms with E-state index in [0.717, 1.165) is 39.7 Å². The molecule has 0 aliphatic heterocycles. The number of fused-ring (bicyclic) bond motifs is 1. The summed E-state index contributed by atoms with van der Waals surface area (Å²) in [6, 6.07) is 10.1. The Morgan fingerprint density at radius 3 is 2.25 bits per heavy atom. The molecule has 0 N–H and O–H groups in total. The molecule has 0 bridgehead atoms. The van der Waals surface area contributed by atoms with E-state index in [2.05, 4.69) is 20.1 Å². The van der Waals surface area contributed by atoms with E-state index >= 15 is 0 Å². The summed E-state index contributed by atoms with van der Waals surface area (Å²) in [6.07, 6.45) is -4.39. The van der Waals surface area contributed by atoms with Crippen LogP contribution in [0.15, 0.2) is 78.1 Å². The molecule has 0 aliphatic rings. The predicted molar refractivity (Wildman–Crippen MR) is 115 cm³/mol. The lowest BCUT2D eigenvalue weighted by Gasteiger charge is -2.09. The molecule has 1 aromatic carbocycles. The van der Waals surface area contributed by atoms with Crippen LogP contribution in [0.2, 0.25) is 0 Å². The summed E-state index contributed by atoms with van der Waals surface area (Å²) in [4.78, 5) is 24.0. The second kappa shape index (κ2) is 8.29. The summed E-state index contributed by atoms with van der Waals surface area (Å²) in [5.74, 6) is -1.66. The van der Waals surface area contributed by atoms with Gasteiger partial charge in [-0.25, -0.2) is 14.6 Å². The maximum Gasteiger partial charge on any atom is 0.451 e. The number of nitrogens with zero attached hydrogens (tertiary/aromatic N) is 6. The molecule has 0 aliphatic carbocycles. The third-order valence-corrected chi connectivity index (χ3v) is 5.23. The lowest BCUT2D eigenvalue weighted by molar-refractivity contribution is -0.145. The molecule has 4 aromatic heterocycles. The normalized spacial score (nSPS) is 12.3. The van der Waals surface area contributed by atoms with Crippen LogP contribution in [0.1, 0.15) is 11.4 Å². The Morgan fingerprint density at radius 1 is 0.806 bits per heavy atom. The van der Waals surface area contributed by atoms with Crippen molar-refractivity contribution in [2.24, 2.45) is 0 Å². The zero-order valence-electron chi connectivity index (χ0n) is 17.8. The van der Waals surface area contributed by atoms with Gasteiger partial charge in [0, 0.05) is 35.6 Å². The summed E-state index contributed by atoms with van der Waals surface area (Å²) >= 11 is 0. The molecule has 0 saturated heterocycles. The Morgan fingerprint density at radius 2 is 1.56 bits per heavy atom. The van der Waals surface area contributed by atoms with Gasteiger partial charge in [-0.3, -0.25) is 14.3 Å². The van der Waals surface area contributed by atoms with E-state index in [4.69, 9.17) is 0 Å². The highest BCUT2D eigenvalue weighted by Gasteiger charge is 2.35. The Kier molecular flexibility index (Phi) is 5.34. The van der Waals surface area contributed by atoms with Gasteiger partial charge in [0.2, 0.25) is 5.82 Å². The minimum absolute atomic E-state index is 0.0354. The number of rotatable bonds is 3. The number of hydrogen-bond donors (Lipinski definition) is 0. The Bertz CT molecular complexity index is 1640. The van der Waals surface area contributed by atoms with Crippen LogP contribution in [0.25, 0.3) is 33.7 Å². The number of aromatic nitrogens is 6. The SMILES string of the molecule is O=c1c2ncccc2ccn1-c1cn(-c2ccnc(C(F)(F)F)n2)nc1-c1ccc(C(F)(F)F)cc1. The van der Waals surface area contributed by atoms with Gasteiger partial charge in [-0.1, -0.05) is 18.2 Å². The second-order valence-corrected chi connectivity index (χ2v) is 7.55. The van der Waals surface area contributed by atoms with E-state index in [1.54, 1.807) is 18.2 Å². The summed E-state index contributed by atoms with van der Waals surface area (Å²) in [5, 5.41) is 4.81. The molecule has 0 spiro atoms. The lowest BCUT2D eigenvalue weighted by atomic mass is 10.1. The largest absolute Gasteiger partial charge is 0.451 e. The van der Waals surface area contributed by atoms with Gasteiger partial charge in [-0.05, 0) is 24.3 Å². The van der Waals surface area contributed by atoms with Crippen molar-refractivity contribution < 1.29 is 26.3 Å². The third kappa shape index (κ3) is 4.19. The van der Waals surface area contributed by atoms with Crippen LogP contribution < -0.4 is 5.56 Å². The van der Waals surface area contributed by atoms with Gasteiger partial charge in [-0.2, -0.15) is 31.4 Å². The molecule has 4 heterocycles. The van der Waals surface area contributed by atoms with Crippen molar-refractivity contribution in [3.63, 3.8) is 0 Å². The zero-order valence-corrected chi connectivity index (χ0v) is 17.8. The van der Waals surface area contributed by atoms with Crippen molar-refractivity contribution in [1.29, 1.82) is 0 Å². The molecule has 7 nitrogen and oxygen atoms in total. The average molecular weight is 502 g/mol. The smallest absolute Gasteiger partial charge is 0.279 e. The molecular weight excluding hydrogens is 490 g/mol. The predicted octanol–water partition coefficient (Wildman–Crippen LogP) is 5.07. The Balaban J connectivity index is 1.72. The third-order valence-electron chi connectivity index (χ3n) is 5.23. The van der Waals surface area contributed by atoms with Gasteiger partial charge in [-0.15, -0.1) is 0 Å². The molecule has 182 valence electrons. The molecule has 0 fully saturated rings. The van der Waals surface area contributed by atoms with E-state index < -0.39 is 29.3 Å². The first-order chi connectivity index (χ1) is 17.0. The highest BCUT2D eigenvalue weighted by molar-refractivity contribution is 5.78. The van der Waals surface area contributed by atoms with Gasteiger partial charge < -0.3 is 0 Å². The monoisotopic (exact) mass is 502 g/mol. The molecule has 5 aromatic rings. The summed E-state index contributed by atoms with van der Waals surface area (Å²) < 4.78 is 80.7. The summed E-state index contributed by atoms with van der Waals surface area (Å²) in [6.45, 7) is 0. The molecular formula is C23H12F6N6O. The Hall–Kier alpha value is -4.55. The highest BCUT2D eigenvalue weighted by Crippen LogP contribution is 2.33. The maximum atomic E-state index is 13.2. The van der Waals surface area contributed by atoms with Crippen molar-refractivity contribution >= 4 is 10.9 Å². The van der Waals surface area contributed by atoms with Crippen LogP contribution in [0.4, 0.5) is 26.3 Å². The van der Waals surface area contributed by atoms with Gasteiger partial charge in [0.25, 0.3) is 5.56 Å². The molecule has 0 unspecified atom stereocenters. The van der Waals surface area contributed by atoms with Crippen molar-refractivity contribution in [2.45, 2.75) is 12.4 Å². The van der Waals surface area contributed by atoms with Gasteiger partial charge in [0.1, 0.15) is 11.2 Å². The molecule has 0 amide bonds. The topological polar surface area (TPSA) is 78.5 Å². The maximum absolute atomic E-state index is 13.2. The number of halogens is 6. The number of hydrogen-bond acceptors (Lipinski definition) is 5. The zero-order chi connectivity index (χ0) is 25.7. The van der Waals surface area contributed by atoms with Crippen LogP contribution in [0.5, 0.6) is 0 Å². The lowest BCUT2D eigenvalue weighted by Crippen LogP contribution is -2.18. The molecule has 36 heavy (non-hydrogen) atoms. The van der Waals surface area contributed by atoms with Crippen molar-refractivity contribution in [2.75, 3.05) is 0 Å². The van der Waals surface area contributed by atoms with Crippen LogP contribution in [0.3, 0.4) is 0 Å². The van der Waals surface area contributed by atoms with Gasteiger partial charge >= 0.3 is 12.4 Å². The molecule has 5 rings (SSSR count). The number of alkyl halides is 6. The first kappa shape index (κ1) is 23.2. The fourth-order valence-corrected chi connectivity index (χ4v) is 3.55. The van der Waals surface area contributed by atoms with Crippen LogP contribution in [0, 0.1) is 0 Å². The van der Waals surface area contributed by atoms with Crippen molar-refractivity contribution in [3.05, 3.63) is 95.1 Å². The second-order valence-electron chi connectivity index (χ2n) is 7.55. The summed E-state index contributed by atoms with van der Waals surface area (Å²) in [7, 11) is 0. The minimum Gasteiger partial charge on any atom is -0.279 e. The van der Waals surface area contributed by atoms with E-state index in [9.17, 15) is 31.1 Å². The molecule has 0 radical (unpaired) electrons. The van der Waals surface area contributed by atoms with Gasteiger partial charge in [0.15, 0.2) is 5.82 Å². The van der Waals surface area contributed by atoms with E-state index in [0.29, 0.717) is 5.39 Å². The standard InChI is InChI=1S/C23H12F6N6O/c24-22(25,26)15-5-3-14(4-6-15)18-16(34-11-8-13-2-1-9-30-19(13)20(34)36)12-35(33-18)17-7-10-31-21(32-17)23(27,28)29/h1-12H. The number of benzene rings is 1. The van der Waals surface area contributed by atoms with Crippen LogP contribution >= 0.6 is 0 Å². The molecule has 0 atom stereocenters.